The Morgan fingerprint density at radius 1 is 1.29 bits per heavy atom. The third-order valence-corrected chi connectivity index (χ3v) is 3.56. The van der Waals surface area contributed by atoms with Crippen molar-refractivity contribution in [1.29, 1.82) is 0 Å². The fraction of sp³-hybridized carbons (Fsp3) is 0.357. The van der Waals surface area contributed by atoms with Gasteiger partial charge in [0.1, 0.15) is 5.82 Å². The molecule has 0 amide bonds. The van der Waals surface area contributed by atoms with Gasteiger partial charge in [0.2, 0.25) is 0 Å². The third kappa shape index (κ3) is 2.24. The highest BCUT2D eigenvalue weighted by molar-refractivity contribution is 5.60. The first-order chi connectivity index (χ1) is 8.27. The summed E-state index contributed by atoms with van der Waals surface area (Å²) in [5.41, 5.74) is 8.79. The van der Waals surface area contributed by atoms with E-state index in [2.05, 4.69) is 34.2 Å². The molecule has 0 aliphatic heterocycles. The molecule has 2 aromatic rings. The van der Waals surface area contributed by atoms with Crippen molar-refractivity contribution in [3.05, 3.63) is 42.2 Å². The number of aromatic amines is 1. The Labute approximate surface area is 101 Å². The van der Waals surface area contributed by atoms with E-state index >= 15 is 0 Å². The van der Waals surface area contributed by atoms with Crippen LogP contribution in [0.1, 0.15) is 24.8 Å². The Bertz CT molecular complexity index is 498. The summed E-state index contributed by atoms with van der Waals surface area (Å²) in [7, 11) is 0. The number of rotatable bonds is 4. The van der Waals surface area contributed by atoms with Crippen LogP contribution in [-0.4, -0.2) is 15.5 Å². The number of aryl methyl sites for hydroxylation is 1. The number of hydrogen-bond acceptors (Lipinski definition) is 2. The average molecular weight is 227 g/mol. The van der Waals surface area contributed by atoms with Gasteiger partial charge >= 0.3 is 0 Å². The second kappa shape index (κ2) is 4.00. The lowest BCUT2D eigenvalue weighted by molar-refractivity contribution is 0.609. The lowest BCUT2D eigenvalue weighted by atomic mass is 9.99. The maximum absolute atomic E-state index is 6.14. The van der Waals surface area contributed by atoms with Gasteiger partial charge in [0.05, 0.1) is 0 Å². The van der Waals surface area contributed by atoms with Gasteiger partial charge in [-0.15, -0.1) is 0 Å². The van der Waals surface area contributed by atoms with E-state index < -0.39 is 0 Å². The predicted octanol–water partition coefficient (Wildman–Crippen LogP) is 2.50. The van der Waals surface area contributed by atoms with Gasteiger partial charge in [0.15, 0.2) is 0 Å². The second-order valence-electron chi connectivity index (χ2n) is 4.96. The summed E-state index contributed by atoms with van der Waals surface area (Å²) in [6, 6.07) is 8.42. The molecular weight excluding hydrogens is 210 g/mol. The Morgan fingerprint density at radius 3 is 2.82 bits per heavy atom. The van der Waals surface area contributed by atoms with Crippen LogP contribution in [0.5, 0.6) is 0 Å². The van der Waals surface area contributed by atoms with E-state index in [0.717, 1.165) is 18.7 Å². The van der Waals surface area contributed by atoms with Crippen molar-refractivity contribution in [2.24, 2.45) is 5.73 Å². The molecule has 1 heterocycles. The van der Waals surface area contributed by atoms with Gasteiger partial charge in [-0.2, -0.15) is 0 Å². The molecule has 0 atom stereocenters. The normalized spacial score (nSPS) is 17.0. The minimum absolute atomic E-state index is 0.121. The van der Waals surface area contributed by atoms with Crippen molar-refractivity contribution in [3.63, 3.8) is 0 Å². The van der Waals surface area contributed by atoms with Crippen molar-refractivity contribution in [1.82, 2.24) is 9.97 Å². The predicted molar refractivity (Wildman–Crippen MR) is 68.5 cm³/mol. The largest absolute Gasteiger partial charge is 0.345 e. The Balaban J connectivity index is 1.83. The minimum atomic E-state index is 0.121. The van der Waals surface area contributed by atoms with Crippen LogP contribution in [0.3, 0.4) is 0 Å². The Hall–Kier alpha value is -1.61. The Kier molecular flexibility index (Phi) is 2.48. The molecule has 1 aromatic carbocycles. The van der Waals surface area contributed by atoms with Crippen molar-refractivity contribution in [2.75, 3.05) is 0 Å². The van der Waals surface area contributed by atoms with Gasteiger partial charge in [-0.1, -0.05) is 24.3 Å². The van der Waals surface area contributed by atoms with Crippen LogP contribution >= 0.6 is 0 Å². The molecule has 3 heteroatoms. The first-order valence-electron chi connectivity index (χ1n) is 6.13. The van der Waals surface area contributed by atoms with Crippen molar-refractivity contribution in [2.45, 2.75) is 31.2 Å². The molecule has 1 aliphatic carbocycles. The quantitative estimate of drug-likeness (QED) is 0.843. The molecule has 1 aromatic heterocycles. The van der Waals surface area contributed by atoms with Gasteiger partial charge < -0.3 is 10.7 Å². The summed E-state index contributed by atoms with van der Waals surface area (Å²) in [6.45, 7) is 0. The standard InChI is InChI=1S/C14H17N3/c15-14(7-8-14)6-5-11-3-1-2-4-12(11)13-16-9-10-17-13/h1-4,9-10H,5-8,15H2,(H,16,17). The average Bonchev–Trinajstić information content (AvgIpc) is 2.88. The van der Waals surface area contributed by atoms with Crippen molar-refractivity contribution >= 4 is 0 Å². The van der Waals surface area contributed by atoms with E-state index in [-0.39, 0.29) is 5.54 Å². The van der Waals surface area contributed by atoms with Crippen LogP contribution in [-0.2, 0) is 6.42 Å². The number of hydrogen-bond donors (Lipinski definition) is 2. The highest BCUT2D eigenvalue weighted by Crippen LogP contribution is 2.37. The van der Waals surface area contributed by atoms with Crippen LogP contribution in [0, 0.1) is 0 Å². The molecule has 0 spiro atoms. The number of benzene rings is 1. The molecule has 88 valence electrons. The molecular formula is C14H17N3. The topological polar surface area (TPSA) is 54.7 Å². The molecule has 3 N–H and O–H groups in total. The first-order valence-corrected chi connectivity index (χ1v) is 6.13. The molecule has 1 saturated carbocycles. The van der Waals surface area contributed by atoms with Gasteiger partial charge in [0, 0.05) is 23.5 Å². The summed E-state index contributed by atoms with van der Waals surface area (Å²) in [6.07, 6.45) is 8.11. The van der Waals surface area contributed by atoms with E-state index in [1.54, 1.807) is 6.20 Å². The minimum Gasteiger partial charge on any atom is -0.345 e. The fourth-order valence-corrected chi connectivity index (χ4v) is 2.18. The lowest BCUT2D eigenvalue weighted by Crippen LogP contribution is -2.22. The van der Waals surface area contributed by atoms with E-state index in [0.29, 0.717) is 0 Å². The molecule has 1 fully saturated rings. The number of nitrogens with two attached hydrogens (primary N) is 1. The van der Waals surface area contributed by atoms with Crippen LogP contribution in [0.25, 0.3) is 11.4 Å². The maximum Gasteiger partial charge on any atom is 0.137 e. The monoisotopic (exact) mass is 227 g/mol. The highest BCUT2D eigenvalue weighted by Gasteiger charge is 2.37. The zero-order chi connectivity index (χ0) is 11.7. The smallest absolute Gasteiger partial charge is 0.137 e. The van der Waals surface area contributed by atoms with E-state index in [4.69, 9.17) is 5.73 Å². The number of nitrogens with zero attached hydrogens (tertiary/aromatic N) is 1. The van der Waals surface area contributed by atoms with E-state index in [1.807, 2.05) is 6.20 Å². The third-order valence-electron chi connectivity index (χ3n) is 3.56. The molecule has 0 bridgehead atoms. The zero-order valence-corrected chi connectivity index (χ0v) is 9.82. The number of imidazole rings is 1. The van der Waals surface area contributed by atoms with E-state index in [9.17, 15) is 0 Å². The SMILES string of the molecule is NC1(CCc2ccccc2-c2ncc[nH]2)CC1. The zero-order valence-electron chi connectivity index (χ0n) is 9.82. The molecule has 3 rings (SSSR count). The maximum atomic E-state index is 6.14. The van der Waals surface area contributed by atoms with Crippen molar-refractivity contribution in [3.8, 4) is 11.4 Å². The number of H-pyrrole nitrogens is 1. The van der Waals surface area contributed by atoms with Crippen LogP contribution in [0.4, 0.5) is 0 Å². The highest BCUT2D eigenvalue weighted by atomic mass is 14.9. The summed E-state index contributed by atoms with van der Waals surface area (Å²) < 4.78 is 0. The summed E-state index contributed by atoms with van der Waals surface area (Å²) in [4.78, 5) is 7.48. The van der Waals surface area contributed by atoms with Gasteiger partial charge in [0.25, 0.3) is 0 Å². The summed E-state index contributed by atoms with van der Waals surface area (Å²) in [5.74, 6) is 0.947. The first kappa shape index (κ1) is 10.5. The number of aromatic nitrogens is 2. The molecule has 17 heavy (non-hydrogen) atoms. The van der Waals surface area contributed by atoms with Gasteiger partial charge in [-0.3, -0.25) is 0 Å². The van der Waals surface area contributed by atoms with Crippen LogP contribution in [0.15, 0.2) is 36.7 Å². The fourth-order valence-electron chi connectivity index (χ4n) is 2.18. The van der Waals surface area contributed by atoms with E-state index in [1.165, 1.54) is 24.0 Å². The Morgan fingerprint density at radius 2 is 2.12 bits per heavy atom. The molecule has 0 saturated heterocycles. The van der Waals surface area contributed by atoms with Crippen LogP contribution in [0.2, 0.25) is 0 Å². The molecule has 1 aliphatic rings. The molecule has 3 nitrogen and oxygen atoms in total. The molecule has 0 unspecified atom stereocenters. The number of nitrogens with one attached hydrogen (secondary N) is 1. The van der Waals surface area contributed by atoms with Gasteiger partial charge in [-0.25, -0.2) is 4.98 Å². The molecule has 0 radical (unpaired) electrons. The van der Waals surface area contributed by atoms with Crippen molar-refractivity contribution < 1.29 is 0 Å². The van der Waals surface area contributed by atoms with Crippen LogP contribution < -0.4 is 5.73 Å². The summed E-state index contributed by atoms with van der Waals surface area (Å²) >= 11 is 0. The summed E-state index contributed by atoms with van der Waals surface area (Å²) in [5, 5.41) is 0. The second-order valence-corrected chi connectivity index (χ2v) is 4.96. The lowest BCUT2D eigenvalue weighted by Gasteiger charge is -2.11. The van der Waals surface area contributed by atoms with Gasteiger partial charge in [-0.05, 0) is 31.2 Å².